The second kappa shape index (κ2) is 8.55. The number of aryl methyl sites for hydroxylation is 2. The third-order valence-corrected chi connectivity index (χ3v) is 2.87. The van der Waals surface area contributed by atoms with E-state index in [9.17, 15) is 4.79 Å². The number of hydrogen-bond acceptors (Lipinski definition) is 4. The van der Waals surface area contributed by atoms with Gasteiger partial charge in [0.1, 0.15) is 5.75 Å². The van der Waals surface area contributed by atoms with Crippen molar-refractivity contribution in [2.75, 3.05) is 32.9 Å². The van der Waals surface area contributed by atoms with Crippen molar-refractivity contribution in [1.29, 1.82) is 0 Å². The van der Waals surface area contributed by atoms with E-state index in [1.54, 1.807) is 0 Å². The quantitative estimate of drug-likeness (QED) is 0.742. The van der Waals surface area contributed by atoms with E-state index < -0.39 is 0 Å². The first-order valence-corrected chi connectivity index (χ1v) is 6.77. The van der Waals surface area contributed by atoms with Crippen LogP contribution in [0.2, 0.25) is 0 Å². The predicted molar refractivity (Wildman–Crippen MR) is 76.8 cm³/mol. The van der Waals surface area contributed by atoms with E-state index in [1.165, 1.54) is 4.90 Å². The van der Waals surface area contributed by atoms with E-state index in [2.05, 4.69) is 6.07 Å². The normalized spacial score (nSPS) is 10.4. The molecule has 5 nitrogen and oxygen atoms in total. The summed E-state index contributed by atoms with van der Waals surface area (Å²) >= 11 is 0. The Bertz CT molecular complexity index is 408. The zero-order chi connectivity index (χ0) is 15.0. The maximum absolute atomic E-state index is 11.9. The Morgan fingerprint density at radius 2 is 1.65 bits per heavy atom. The summed E-state index contributed by atoms with van der Waals surface area (Å²) in [6, 6.07) is 5.91. The van der Waals surface area contributed by atoms with Crippen molar-refractivity contribution < 1.29 is 19.7 Å². The molecule has 1 aromatic rings. The summed E-state index contributed by atoms with van der Waals surface area (Å²) in [6.45, 7) is 4.54. The first-order valence-electron chi connectivity index (χ1n) is 6.77. The molecule has 0 bridgehead atoms. The number of aliphatic hydroxyl groups is 2. The number of amides is 1. The van der Waals surface area contributed by atoms with Gasteiger partial charge in [-0.2, -0.15) is 0 Å². The van der Waals surface area contributed by atoms with E-state index in [4.69, 9.17) is 14.9 Å². The number of carbonyl (C=O) groups is 1. The Balaban J connectivity index is 2.44. The van der Waals surface area contributed by atoms with Crippen molar-refractivity contribution in [3.63, 3.8) is 0 Å². The largest absolute Gasteiger partial charge is 0.493 e. The number of carbonyl (C=O) groups excluding carboxylic acids is 1. The van der Waals surface area contributed by atoms with Crippen LogP contribution in [0.5, 0.6) is 5.75 Å². The monoisotopic (exact) mass is 281 g/mol. The molecule has 0 atom stereocenters. The minimum atomic E-state index is -0.127. The summed E-state index contributed by atoms with van der Waals surface area (Å²) in [5, 5.41) is 17.7. The highest BCUT2D eigenvalue weighted by Crippen LogP contribution is 2.16. The Kier molecular flexibility index (Phi) is 7.04. The highest BCUT2D eigenvalue weighted by atomic mass is 16.5. The molecule has 112 valence electrons. The van der Waals surface area contributed by atoms with E-state index in [1.807, 2.05) is 26.0 Å². The van der Waals surface area contributed by atoms with Crippen molar-refractivity contribution in [3.8, 4) is 5.75 Å². The van der Waals surface area contributed by atoms with Crippen molar-refractivity contribution in [1.82, 2.24) is 4.90 Å². The van der Waals surface area contributed by atoms with Gasteiger partial charge >= 0.3 is 0 Å². The second-order valence-corrected chi connectivity index (χ2v) is 4.75. The SMILES string of the molecule is Cc1cc(C)cc(OCCC(=O)N(CCO)CCO)c1. The van der Waals surface area contributed by atoms with Crippen LogP contribution < -0.4 is 4.74 Å². The molecule has 0 radical (unpaired) electrons. The number of rotatable bonds is 8. The standard InChI is InChI=1S/C15H23NO4/c1-12-9-13(2)11-14(10-12)20-8-3-15(19)16(4-6-17)5-7-18/h9-11,17-18H,3-8H2,1-2H3. The summed E-state index contributed by atoms with van der Waals surface area (Å²) in [4.78, 5) is 13.3. The Morgan fingerprint density at radius 1 is 1.10 bits per heavy atom. The second-order valence-electron chi connectivity index (χ2n) is 4.75. The average Bonchev–Trinajstić information content (AvgIpc) is 2.37. The molecule has 1 rings (SSSR count). The molecule has 0 spiro atoms. The predicted octanol–water partition coefficient (Wildman–Crippen LogP) is 0.886. The van der Waals surface area contributed by atoms with Gasteiger partial charge in [-0.3, -0.25) is 4.79 Å². The van der Waals surface area contributed by atoms with Crippen molar-refractivity contribution in [2.24, 2.45) is 0 Å². The maximum Gasteiger partial charge on any atom is 0.226 e. The molecule has 0 aliphatic heterocycles. The summed E-state index contributed by atoms with van der Waals surface area (Å²) in [7, 11) is 0. The lowest BCUT2D eigenvalue weighted by atomic mass is 10.1. The van der Waals surface area contributed by atoms with Crippen LogP contribution in [0, 0.1) is 13.8 Å². The lowest BCUT2D eigenvalue weighted by Crippen LogP contribution is -2.36. The summed E-state index contributed by atoms with van der Waals surface area (Å²) < 4.78 is 5.57. The third-order valence-electron chi connectivity index (χ3n) is 2.87. The number of hydrogen-bond donors (Lipinski definition) is 2. The van der Waals surface area contributed by atoms with Crippen molar-refractivity contribution >= 4 is 5.91 Å². The van der Waals surface area contributed by atoms with Gasteiger partial charge in [0, 0.05) is 13.1 Å². The highest BCUT2D eigenvalue weighted by molar-refractivity contribution is 5.76. The van der Waals surface area contributed by atoms with Gasteiger partial charge in [-0.1, -0.05) is 6.07 Å². The smallest absolute Gasteiger partial charge is 0.226 e. The molecule has 0 saturated carbocycles. The molecular weight excluding hydrogens is 258 g/mol. The zero-order valence-corrected chi connectivity index (χ0v) is 12.1. The Morgan fingerprint density at radius 3 is 2.15 bits per heavy atom. The third kappa shape index (κ3) is 5.59. The molecule has 0 fully saturated rings. The van der Waals surface area contributed by atoms with Gasteiger partial charge < -0.3 is 19.8 Å². The van der Waals surface area contributed by atoms with Crippen LogP contribution >= 0.6 is 0 Å². The van der Waals surface area contributed by atoms with Crippen molar-refractivity contribution in [2.45, 2.75) is 20.3 Å². The van der Waals surface area contributed by atoms with Crippen molar-refractivity contribution in [3.05, 3.63) is 29.3 Å². The molecule has 0 heterocycles. The fourth-order valence-electron chi connectivity index (χ4n) is 2.03. The van der Waals surface area contributed by atoms with Crippen LogP contribution in [0.25, 0.3) is 0 Å². The average molecular weight is 281 g/mol. The molecular formula is C15H23NO4. The topological polar surface area (TPSA) is 70.0 Å². The van der Waals surface area contributed by atoms with Crippen LogP contribution in [0.1, 0.15) is 17.5 Å². The van der Waals surface area contributed by atoms with Gasteiger partial charge in [0.15, 0.2) is 0 Å². The fourth-order valence-corrected chi connectivity index (χ4v) is 2.03. The van der Waals surface area contributed by atoms with Gasteiger partial charge in [0.05, 0.1) is 26.2 Å². The lowest BCUT2D eigenvalue weighted by Gasteiger charge is -2.20. The Labute approximate surface area is 119 Å². The lowest BCUT2D eigenvalue weighted by molar-refractivity contribution is -0.132. The minimum absolute atomic E-state index is 0.107. The van der Waals surface area contributed by atoms with Gasteiger partial charge in [-0.05, 0) is 37.1 Å². The van der Waals surface area contributed by atoms with E-state index in [0.29, 0.717) is 0 Å². The van der Waals surface area contributed by atoms with Crippen LogP contribution in [0.4, 0.5) is 0 Å². The first kappa shape index (κ1) is 16.5. The molecule has 5 heteroatoms. The van der Waals surface area contributed by atoms with E-state index >= 15 is 0 Å². The van der Waals surface area contributed by atoms with Gasteiger partial charge in [0.25, 0.3) is 0 Å². The highest BCUT2D eigenvalue weighted by Gasteiger charge is 2.12. The summed E-state index contributed by atoms with van der Waals surface area (Å²) in [6.07, 6.45) is 0.229. The number of aliphatic hydroxyl groups excluding tert-OH is 2. The molecule has 1 amide bonds. The molecule has 2 N–H and O–H groups in total. The molecule has 0 saturated heterocycles. The maximum atomic E-state index is 11.9. The van der Waals surface area contributed by atoms with Crippen LogP contribution in [0.3, 0.4) is 0 Å². The van der Waals surface area contributed by atoms with Gasteiger partial charge in [0.2, 0.25) is 5.91 Å². The molecule has 0 aromatic heterocycles. The van der Waals surface area contributed by atoms with E-state index in [0.717, 1.165) is 16.9 Å². The number of nitrogens with zero attached hydrogens (tertiary/aromatic N) is 1. The molecule has 20 heavy (non-hydrogen) atoms. The van der Waals surface area contributed by atoms with Crippen LogP contribution in [-0.4, -0.2) is 53.9 Å². The number of benzene rings is 1. The van der Waals surface area contributed by atoms with Crippen LogP contribution in [-0.2, 0) is 4.79 Å². The molecule has 0 unspecified atom stereocenters. The van der Waals surface area contributed by atoms with E-state index in [-0.39, 0.29) is 45.2 Å². The van der Waals surface area contributed by atoms with Gasteiger partial charge in [-0.25, -0.2) is 0 Å². The number of ether oxygens (including phenoxy) is 1. The molecule has 1 aromatic carbocycles. The zero-order valence-electron chi connectivity index (χ0n) is 12.1. The summed E-state index contributed by atoms with van der Waals surface area (Å²) in [5.41, 5.74) is 2.24. The fraction of sp³-hybridized carbons (Fsp3) is 0.533. The van der Waals surface area contributed by atoms with Gasteiger partial charge in [-0.15, -0.1) is 0 Å². The first-order chi connectivity index (χ1) is 9.56. The minimum Gasteiger partial charge on any atom is -0.493 e. The molecule has 0 aliphatic rings. The summed E-state index contributed by atoms with van der Waals surface area (Å²) in [5.74, 6) is 0.628. The van der Waals surface area contributed by atoms with Crippen LogP contribution in [0.15, 0.2) is 18.2 Å². The Hall–Kier alpha value is -1.59. The molecule has 0 aliphatic carbocycles.